The number of ketones is 1. The lowest BCUT2D eigenvalue weighted by molar-refractivity contribution is -0.614. The quantitative estimate of drug-likeness (QED) is 0.111. The number of hydrogen-bond donors (Lipinski definition) is 1. The van der Waals surface area contributed by atoms with Crippen LogP contribution >= 0.6 is 11.6 Å². The molecule has 1 fully saturated rings. The maximum absolute atomic E-state index is 14.9. The van der Waals surface area contributed by atoms with Crippen LogP contribution in [0.1, 0.15) is 54.8 Å². The van der Waals surface area contributed by atoms with Crippen molar-refractivity contribution in [2.45, 2.75) is 57.0 Å². The number of halogens is 6. The van der Waals surface area contributed by atoms with Crippen LogP contribution in [0.15, 0.2) is 61.3 Å². The molecule has 41 heavy (non-hydrogen) atoms. The second kappa shape index (κ2) is 12.5. The number of pyridine rings is 1. The van der Waals surface area contributed by atoms with Crippen LogP contribution in [0, 0.1) is 16.9 Å². The first-order valence-electron chi connectivity index (χ1n) is 12.9. The van der Waals surface area contributed by atoms with Crippen molar-refractivity contribution in [3.63, 3.8) is 0 Å². The first-order valence-corrected chi connectivity index (χ1v) is 13.3. The minimum atomic E-state index is -3.26. The van der Waals surface area contributed by atoms with E-state index in [2.05, 4.69) is 11.3 Å². The molecule has 0 spiro atoms. The van der Waals surface area contributed by atoms with E-state index in [9.17, 15) is 37.1 Å². The third-order valence-corrected chi connectivity index (χ3v) is 7.61. The monoisotopic (exact) mass is 595 g/mol. The molecule has 3 aromatic rings. The molecule has 4 rings (SSSR count). The highest BCUT2D eigenvalue weighted by Crippen LogP contribution is 2.41. The Kier molecular flexibility index (Phi) is 9.21. The number of ether oxygens (including phenoxy) is 1. The van der Waals surface area contributed by atoms with Gasteiger partial charge in [-0.25, -0.2) is 13.2 Å². The van der Waals surface area contributed by atoms with Crippen LogP contribution in [0.2, 0.25) is 5.02 Å². The summed E-state index contributed by atoms with van der Waals surface area (Å²) in [5, 5.41) is 22.4. The van der Waals surface area contributed by atoms with Crippen LogP contribution in [0.5, 0.6) is 5.75 Å². The number of rotatable bonds is 10. The lowest BCUT2D eigenvalue weighted by Gasteiger charge is -2.30. The van der Waals surface area contributed by atoms with Crippen molar-refractivity contribution in [3.8, 4) is 16.9 Å². The number of hydrogen-bond acceptors (Lipinski definition) is 4. The van der Waals surface area contributed by atoms with Gasteiger partial charge in [0, 0.05) is 30.9 Å². The first kappa shape index (κ1) is 30.3. The third-order valence-electron chi connectivity index (χ3n) is 7.32. The molecular formula is C30H27ClF5NO4. The van der Waals surface area contributed by atoms with Gasteiger partial charge in [0.25, 0.3) is 0 Å². The molecule has 1 saturated carbocycles. The molecule has 1 N–H and O–H groups in total. The number of benzene rings is 2. The van der Waals surface area contributed by atoms with E-state index in [0.717, 1.165) is 18.3 Å². The summed E-state index contributed by atoms with van der Waals surface area (Å²) in [6.45, 7) is 0.188. The zero-order chi connectivity index (χ0) is 29.9. The van der Waals surface area contributed by atoms with Gasteiger partial charge in [-0.3, -0.25) is 4.79 Å². The lowest BCUT2D eigenvalue weighted by atomic mass is 9.78. The average molecular weight is 596 g/mol. The highest BCUT2D eigenvalue weighted by atomic mass is 35.5. The van der Waals surface area contributed by atoms with Gasteiger partial charge in [0.1, 0.15) is 17.4 Å². The van der Waals surface area contributed by atoms with E-state index < -0.39 is 35.6 Å². The summed E-state index contributed by atoms with van der Waals surface area (Å²) >= 11 is 5.85. The van der Waals surface area contributed by atoms with Crippen molar-refractivity contribution in [3.05, 3.63) is 94.2 Å². The van der Waals surface area contributed by atoms with Crippen molar-refractivity contribution in [2.24, 2.45) is 5.92 Å². The molecule has 1 unspecified atom stereocenters. The maximum atomic E-state index is 14.9. The molecule has 0 radical (unpaired) electrons. The molecule has 11 heteroatoms. The van der Waals surface area contributed by atoms with Crippen LogP contribution < -0.4 is 9.47 Å². The molecule has 2 aromatic carbocycles. The van der Waals surface area contributed by atoms with Crippen molar-refractivity contribution in [1.82, 2.24) is 0 Å². The summed E-state index contributed by atoms with van der Waals surface area (Å²) in [5.74, 6) is -6.06. The Bertz CT molecular complexity index is 1420. The zero-order valence-corrected chi connectivity index (χ0v) is 22.5. The molecule has 0 amide bonds. The number of carbonyl (C=O) groups excluding carboxylic acids is 1. The summed E-state index contributed by atoms with van der Waals surface area (Å²) < 4.78 is 73.1. The number of aliphatic hydroxyl groups is 1. The van der Waals surface area contributed by atoms with Gasteiger partial charge in [0.15, 0.2) is 17.8 Å². The van der Waals surface area contributed by atoms with Crippen LogP contribution in [0.3, 0.4) is 0 Å². The topological polar surface area (TPSA) is 73.5 Å². The number of aromatic nitrogens is 1. The SMILES string of the molecule is C=C(O)c1ccc(CC(=O)C(CC2CCC(F)(F)CC2)c2ccc(-c3c(OC(F)F)ccc(Cl)c3F)c[n+]2[O-])cc1. The summed E-state index contributed by atoms with van der Waals surface area (Å²) in [5.41, 5.74) is 0.524. The van der Waals surface area contributed by atoms with Crippen molar-refractivity contribution >= 4 is 23.1 Å². The second-order valence-corrected chi connectivity index (χ2v) is 10.6. The van der Waals surface area contributed by atoms with E-state index in [4.69, 9.17) is 11.6 Å². The number of carbonyl (C=O) groups is 1. The normalized spacial score (nSPS) is 16.0. The molecular weight excluding hydrogens is 569 g/mol. The standard InChI is InChI=1S/C30H27ClF5NO4/c1-17(38)20-4-2-18(3-5-20)15-25(39)22(14-19-10-12-30(35,36)13-11-19)24-8-6-21(16-37(24)40)27-26(41-29(33)34)9-7-23(31)28(27)32/h2-9,16,19,22,29,38H,1,10-15H2. The average Bonchev–Trinajstić information content (AvgIpc) is 2.90. The molecule has 5 nitrogen and oxygen atoms in total. The van der Waals surface area contributed by atoms with Gasteiger partial charge in [-0.15, -0.1) is 0 Å². The van der Waals surface area contributed by atoms with E-state index in [1.54, 1.807) is 24.3 Å². The molecule has 1 heterocycles. The number of aliphatic hydroxyl groups excluding tert-OH is 1. The fraction of sp³-hybridized carbons (Fsp3) is 0.333. The van der Waals surface area contributed by atoms with Gasteiger partial charge in [0.2, 0.25) is 11.6 Å². The van der Waals surface area contributed by atoms with E-state index in [1.165, 1.54) is 12.1 Å². The fourth-order valence-corrected chi connectivity index (χ4v) is 5.29. The molecule has 1 aliphatic rings. The molecule has 218 valence electrons. The second-order valence-electron chi connectivity index (χ2n) is 10.2. The highest BCUT2D eigenvalue weighted by molar-refractivity contribution is 6.31. The van der Waals surface area contributed by atoms with Crippen molar-refractivity contribution in [2.75, 3.05) is 0 Å². The molecule has 1 atom stereocenters. The maximum Gasteiger partial charge on any atom is 0.387 e. The van der Waals surface area contributed by atoms with E-state index >= 15 is 0 Å². The minimum absolute atomic E-state index is 0.00945. The van der Waals surface area contributed by atoms with Gasteiger partial charge in [-0.2, -0.15) is 13.5 Å². The van der Waals surface area contributed by atoms with Crippen molar-refractivity contribution < 1.29 is 41.3 Å². The van der Waals surface area contributed by atoms with Crippen LogP contribution in [0.25, 0.3) is 16.9 Å². The van der Waals surface area contributed by atoms with Gasteiger partial charge in [-0.05, 0) is 48.9 Å². The van der Waals surface area contributed by atoms with E-state index in [-0.39, 0.29) is 72.3 Å². The molecule has 0 aliphatic heterocycles. The van der Waals surface area contributed by atoms with Crippen LogP contribution in [0.4, 0.5) is 22.0 Å². The van der Waals surface area contributed by atoms with Crippen LogP contribution in [-0.2, 0) is 11.2 Å². The molecule has 1 aromatic heterocycles. The predicted octanol–water partition coefficient (Wildman–Crippen LogP) is 8.02. The fourth-order valence-electron chi connectivity index (χ4n) is 5.13. The minimum Gasteiger partial charge on any atom is -0.618 e. The zero-order valence-electron chi connectivity index (χ0n) is 21.8. The van der Waals surface area contributed by atoms with Crippen LogP contribution in [-0.4, -0.2) is 23.4 Å². The van der Waals surface area contributed by atoms with Gasteiger partial charge in [-0.1, -0.05) is 42.4 Å². The van der Waals surface area contributed by atoms with Gasteiger partial charge >= 0.3 is 6.61 Å². The Hall–Kier alpha value is -3.66. The van der Waals surface area contributed by atoms with Crippen molar-refractivity contribution in [1.29, 1.82) is 0 Å². The Morgan fingerprint density at radius 1 is 1.12 bits per heavy atom. The smallest absolute Gasteiger partial charge is 0.387 e. The number of nitrogens with zero attached hydrogens (tertiary/aromatic N) is 1. The summed E-state index contributed by atoms with van der Waals surface area (Å²) in [6.07, 6.45) is 0.742. The first-order chi connectivity index (χ1) is 19.3. The summed E-state index contributed by atoms with van der Waals surface area (Å²) in [4.78, 5) is 13.6. The van der Waals surface area contributed by atoms with E-state index in [1.807, 2.05) is 0 Å². The summed E-state index contributed by atoms with van der Waals surface area (Å²) in [6, 6.07) is 11.1. The Balaban J connectivity index is 1.68. The lowest BCUT2D eigenvalue weighted by Crippen LogP contribution is -2.37. The Labute approximate surface area is 238 Å². The van der Waals surface area contributed by atoms with E-state index in [0.29, 0.717) is 15.9 Å². The van der Waals surface area contributed by atoms with Gasteiger partial charge < -0.3 is 15.1 Å². The Morgan fingerprint density at radius 3 is 2.37 bits per heavy atom. The Morgan fingerprint density at radius 2 is 1.78 bits per heavy atom. The predicted molar refractivity (Wildman–Crippen MR) is 144 cm³/mol. The van der Waals surface area contributed by atoms with Gasteiger partial charge in [0.05, 0.1) is 16.1 Å². The molecule has 0 saturated heterocycles. The number of Topliss-reactive ketones (excluding diaryl/α,β-unsaturated/α-hetero) is 1. The third kappa shape index (κ3) is 7.35. The number of alkyl halides is 4. The molecule has 0 bridgehead atoms. The highest BCUT2D eigenvalue weighted by Gasteiger charge is 2.38. The largest absolute Gasteiger partial charge is 0.618 e. The summed E-state index contributed by atoms with van der Waals surface area (Å²) in [7, 11) is 0. The molecule has 1 aliphatic carbocycles.